The molecular formula is C40H74F6. The van der Waals surface area contributed by atoms with Crippen molar-refractivity contribution in [3.8, 4) is 0 Å². The molecule has 0 saturated heterocycles. The SMILES string of the molecule is CC(C)C1CCCC[C@@H]1C(F)(F)F.CC(C)C1CCCC[C@H]1C(F)(F)F.CC(C)C1CCC[C@@H](C)C1.CC(C)C1CCC[C@H](C)C1. The van der Waals surface area contributed by atoms with E-state index in [-0.39, 0.29) is 23.7 Å². The van der Waals surface area contributed by atoms with Crippen LogP contribution in [0.15, 0.2) is 0 Å². The first kappa shape index (κ1) is 43.6. The number of hydrogen-bond acceptors (Lipinski definition) is 0. The Morgan fingerprint density at radius 2 is 0.696 bits per heavy atom. The molecule has 0 aromatic heterocycles. The molecule has 4 aliphatic rings. The molecule has 0 N–H and O–H groups in total. The van der Waals surface area contributed by atoms with Gasteiger partial charge in [0.1, 0.15) is 0 Å². The number of halogens is 6. The van der Waals surface area contributed by atoms with E-state index in [0.717, 1.165) is 74.0 Å². The monoisotopic (exact) mass is 669 g/mol. The van der Waals surface area contributed by atoms with Gasteiger partial charge in [-0.1, -0.05) is 133 Å². The van der Waals surface area contributed by atoms with Crippen LogP contribution in [0, 0.1) is 71.0 Å². The average Bonchev–Trinajstić information content (AvgIpc) is 2.97. The summed E-state index contributed by atoms with van der Waals surface area (Å²) in [5, 5.41) is 0. The second kappa shape index (κ2) is 20.9. The van der Waals surface area contributed by atoms with Crippen molar-refractivity contribution >= 4 is 0 Å². The summed E-state index contributed by atoms with van der Waals surface area (Å²) in [5.41, 5.74) is 0. The standard InChI is InChI=1S/2C10H17F3.2C10H20/c2*1-7(2)8-5-3-4-6-9(8)10(11,12)13;2*1-8(2)10-6-4-5-9(3)7-10/h2*7-9H,3-6H2,1-2H3;2*8-10H,4-7H2,1-3H3/t2*8?,9-;2*9-,10?/m1010/s1. The van der Waals surface area contributed by atoms with Crippen LogP contribution in [0.25, 0.3) is 0 Å². The van der Waals surface area contributed by atoms with E-state index in [0.29, 0.717) is 12.8 Å². The zero-order chi connectivity index (χ0) is 35.2. The molecule has 46 heavy (non-hydrogen) atoms. The Balaban J connectivity index is 0.000000309. The van der Waals surface area contributed by atoms with Gasteiger partial charge in [0.05, 0.1) is 11.8 Å². The Morgan fingerprint density at radius 3 is 0.891 bits per heavy atom. The van der Waals surface area contributed by atoms with E-state index in [1.54, 1.807) is 0 Å². The molecule has 4 rings (SSSR count). The summed E-state index contributed by atoms with van der Waals surface area (Å²) >= 11 is 0. The van der Waals surface area contributed by atoms with E-state index in [1.165, 1.54) is 51.4 Å². The maximum Gasteiger partial charge on any atom is 0.392 e. The smallest absolute Gasteiger partial charge is 0.171 e. The number of alkyl halides is 6. The van der Waals surface area contributed by atoms with Gasteiger partial charge in [-0.15, -0.1) is 0 Å². The first-order valence-corrected chi connectivity index (χ1v) is 19.4. The second-order valence-corrected chi connectivity index (χ2v) is 17.2. The number of rotatable bonds is 4. The quantitative estimate of drug-likeness (QED) is 0.262. The minimum absolute atomic E-state index is 0.145. The van der Waals surface area contributed by atoms with Crippen LogP contribution in [0.1, 0.15) is 172 Å². The minimum Gasteiger partial charge on any atom is -0.171 e. The summed E-state index contributed by atoms with van der Waals surface area (Å²) in [6.07, 6.45) is 9.50. The van der Waals surface area contributed by atoms with Crippen molar-refractivity contribution < 1.29 is 26.3 Å². The van der Waals surface area contributed by atoms with E-state index in [9.17, 15) is 26.3 Å². The molecule has 6 heteroatoms. The highest BCUT2D eigenvalue weighted by atomic mass is 19.4. The van der Waals surface area contributed by atoms with Gasteiger partial charge in [0.25, 0.3) is 0 Å². The van der Waals surface area contributed by atoms with Crippen molar-refractivity contribution in [3.05, 3.63) is 0 Å². The fraction of sp³-hybridized carbons (Fsp3) is 1.00. The van der Waals surface area contributed by atoms with Crippen molar-refractivity contribution in [1.29, 1.82) is 0 Å². The first-order chi connectivity index (χ1) is 21.2. The first-order valence-electron chi connectivity index (χ1n) is 19.4. The molecule has 276 valence electrons. The van der Waals surface area contributed by atoms with Crippen molar-refractivity contribution in [2.45, 2.75) is 184 Å². The molecule has 0 heterocycles. The molecule has 4 aliphatic carbocycles. The van der Waals surface area contributed by atoms with Crippen LogP contribution in [-0.2, 0) is 0 Å². The van der Waals surface area contributed by atoms with Gasteiger partial charge in [-0.05, 0) is 97.7 Å². The summed E-state index contributed by atoms with van der Waals surface area (Å²) < 4.78 is 75.3. The van der Waals surface area contributed by atoms with Gasteiger partial charge in [-0.2, -0.15) is 26.3 Å². The van der Waals surface area contributed by atoms with Gasteiger partial charge >= 0.3 is 12.4 Å². The van der Waals surface area contributed by atoms with Crippen LogP contribution < -0.4 is 0 Å². The topological polar surface area (TPSA) is 0 Å². The molecule has 0 amide bonds. The third kappa shape index (κ3) is 16.3. The van der Waals surface area contributed by atoms with Crippen LogP contribution in [-0.4, -0.2) is 12.4 Å². The predicted octanol–water partition coefficient (Wildman–Crippen LogP) is 15.0. The van der Waals surface area contributed by atoms with Crippen LogP contribution in [0.4, 0.5) is 26.3 Å². The Morgan fingerprint density at radius 1 is 0.391 bits per heavy atom. The fourth-order valence-electron chi connectivity index (χ4n) is 8.90. The van der Waals surface area contributed by atoms with Crippen molar-refractivity contribution in [1.82, 2.24) is 0 Å². The van der Waals surface area contributed by atoms with E-state index < -0.39 is 24.2 Å². The van der Waals surface area contributed by atoms with E-state index in [2.05, 4.69) is 41.5 Å². The van der Waals surface area contributed by atoms with E-state index in [1.807, 2.05) is 27.7 Å². The van der Waals surface area contributed by atoms with Crippen LogP contribution >= 0.6 is 0 Å². The Kier molecular flexibility index (Phi) is 19.9. The summed E-state index contributed by atoms with van der Waals surface area (Å²) in [7, 11) is 0. The second-order valence-electron chi connectivity index (χ2n) is 17.2. The van der Waals surface area contributed by atoms with Crippen LogP contribution in [0.3, 0.4) is 0 Å². The highest BCUT2D eigenvalue weighted by Gasteiger charge is 2.47. The third-order valence-electron chi connectivity index (χ3n) is 12.0. The minimum atomic E-state index is -3.98. The molecule has 0 aromatic carbocycles. The molecule has 4 unspecified atom stereocenters. The molecule has 4 saturated carbocycles. The van der Waals surface area contributed by atoms with Gasteiger partial charge in [0.2, 0.25) is 0 Å². The fourth-order valence-corrected chi connectivity index (χ4v) is 8.90. The summed E-state index contributed by atoms with van der Waals surface area (Å²) in [6, 6.07) is 0. The molecule has 8 atom stereocenters. The zero-order valence-corrected chi connectivity index (χ0v) is 31.5. The van der Waals surface area contributed by atoms with Gasteiger partial charge < -0.3 is 0 Å². The summed E-state index contributed by atoms with van der Waals surface area (Å²) in [6.45, 7) is 21.8. The largest absolute Gasteiger partial charge is 0.392 e. The third-order valence-corrected chi connectivity index (χ3v) is 12.0. The van der Waals surface area contributed by atoms with Gasteiger partial charge in [-0.3, -0.25) is 0 Å². The predicted molar refractivity (Wildman–Crippen MR) is 185 cm³/mol. The van der Waals surface area contributed by atoms with Gasteiger partial charge in [0, 0.05) is 0 Å². The summed E-state index contributed by atoms with van der Waals surface area (Å²) in [4.78, 5) is 0. The molecule has 0 nitrogen and oxygen atoms in total. The lowest BCUT2D eigenvalue weighted by Crippen LogP contribution is -2.35. The molecular weight excluding hydrogens is 594 g/mol. The van der Waals surface area contributed by atoms with Crippen LogP contribution in [0.5, 0.6) is 0 Å². The van der Waals surface area contributed by atoms with Crippen molar-refractivity contribution in [3.63, 3.8) is 0 Å². The average molecular weight is 669 g/mol. The van der Waals surface area contributed by atoms with E-state index >= 15 is 0 Å². The molecule has 0 bridgehead atoms. The molecule has 0 spiro atoms. The lowest BCUT2D eigenvalue weighted by molar-refractivity contribution is -0.201. The Labute approximate surface area is 281 Å². The molecule has 0 aromatic rings. The van der Waals surface area contributed by atoms with Crippen molar-refractivity contribution in [2.75, 3.05) is 0 Å². The maximum absolute atomic E-state index is 12.6. The lowest BCUT2D eigenvalue weighted by atomic mass is 9.73. The molecule has 0 radical (unpaired) electrons. The Hall–Kier alpha value is -0.420. The molecule has 4 fully saturated rings. The normalized spacial score (nSPS) is 32.6. The number of hydrogen-bond donors (Lipinski definition) is 0. The maximum atomic E-state index is 12.6. The highest BCUT2D eigenvalue weighted by Crippen LogP contribution is 2.45. The molecule has 0 aliphatic heterocycles. The van der Waals surface area contributed by atoms with Crippen molar-refractivity contribution in [2.24, 2.45) is 71.0 Å². The lowest BCUT2D eigenvalue weighted by Gasteiger charge is -2.35. The Bertz CT molecular complexity index is 703. The highest BCUT2D eigenvalue weighted by molar-refractivity contribution is 4.83. The van der Waals surface area contributed by atoms with E-state index in [4.69, 9.17) is 0 Å². The van der Waals surface area contributed by atoms with Gasteiger partial charge in [0.15, 0.2) is 0 Å². The van der Waals surface area contributed by atoms with Gasteiger partial charge in [-0.25, -0.2) is 0 Å². The zero-order valence-electron chi connectivity index (χ0n) is 31.5. The summed E-state index contributed by atoms with van der Waals surface area (Å²) in [5.74, 6) is 3.85. The van der Waals surface area contributed by atoms with Crippen LogP contribution in [0.2, 0.25) is 0 Å².